The van der Waals surface area contributed by atoms with Gasteiger partial charge in [0.2, 0.25) is 5.91 Å². The molecule has 0 aliphatic carbocycles. The molecule has 1 amide bonds. The highest BCUT2D eigenvalue weighted by atomic mass is 16.2. The molecule has 0 atom stereocenters. The van der Waals surface area contributed by atoms with Crippen LogP contribution in [0.3, 0.4) is 0 Å². The first-order valence-corrected chi connectivity index (χ1v) is 6.35. The van der Waals surface area contributed by atoms with Crippen LogP contribution in [0.5, 0.6) is 0 Å². The molecule has 0 saturated carbocycles. The average molecular weight is 257 g/mol. The van der Waals surface area contributed by atoms with Gasteiger partial charge in [0.25, 0.3) is 0 Å². The Bertz CT molecular complexity index is 587. The molecule has 0 saturated heterocycles. The summed E-state index contributed by atoms with van der Waals surface area (Å²) >= 11 is 0. The van der Waals surface area contributed by atoms with Gasteiger partial charge in [-0.3, -0.25) is 9.78 Å². The first-order chi connectivity index (χ1) is 9.04. The van der Waals surface area contributed by atoms with E-state index in [1.165, 1.54) is 0 Å². The maximum absolute atomic E-state index is 12.0. The third-order valence-electron chi connectivity index (χ3n) is 3.28. The van der Waals surface area contributed by atoms with E-state index in [2.05, 4.69) is 10.3 Å². The summed E-state index contributed by atoms with van der Waals surface area (Å²) in [6.45, 7) is 4.47. The number of para-hydroxylation sites is 1. The van der Waals surface area contributed by atoms with Gasteiger partial charge in [-0.15, -0.1) is 0 Å². The molecule has 0 aliphatic rings. The number of amides is 1. The molecule has 4 nitrogen and oxygen atoms in total. The molecule has 19 heavy (non-hydrogen) atoms. The largest absolute Gasteiger partial charge is 0.351 e. The van der Waals surface area contributed by atoms with Crippen LogP contribution in [0.25, 0.3) is 10.9 Å². The summed E-state index contributed by atoms with van der Waals surface area (Å²) in [5.41, 5.74) is 6.99. The monoisotopic (exact) mass is 257 g/mol. The number of pyridine rings is 1. The van der Waals surface area contributed by atoms with E-state index < -0.39 is 5.41 Å². The number of nitrogens with zero attached hydrogens (tertiary/aromatic N) is 1. The summed E-state index contributed by atoms with van der Waals surface area (Å²) in [4.78, 5) is 16.4. The molecule has 3 N–H and O–H groups in total. The first-order valence-electron chi connectivity index (χ1n) is 6.35. The normalized spacial score (nSPS) is 11.5. The van der Waals surface area contributed by atoms with Gasteiger partial charge >= 0.3 is 0 Å². The summed E-state index contributed by atoms with van der Waals surface area (Å²) in [7, 11) is 0. The minimum absolute atomic E-state index is 0.0389. The van der Waals surface area contributed by atoms with Gasteiger partial charge in [0.05, 0.1) is 10.9 Å². The number of rotatable bonds is 4. The second kappa shape index (κ2) is 5.36. The van der Waals surface area contributed by atoms with Gasteiger partial charge in [-0.2, -0.15) is 0 Å². The van der Waals surface area contributed by atoms with Crippen molar-refractivity contribution in [2.45, 2.75) is 20.4 Å². The van der Waals surface area contributed by atoms with Crippen LogP contribution >= 0.6 is 0 Å². The fourth-order valence-electron chi connectivity index (χ4n) is 1.82. The number of hydrogen-bond acceptors (Lipinski definition) is 3. The fraction of sp³-hybridized carbons (Fsp3) is 0.333. The van der Waals surface area contributed by atoms with Crippen molar-refractivity contribution in [3.63, 3.8) is 0 Å². The van der Waals surface area contributed by atoms with Crippen molar-refractivity contribution < 1.29 is 4.79 Å². The lowest BCUT2D eigenvalue weighted by Gasteiger charge is -2.21. The van der Waals surface area contributed by atoms with E-state index in [-0.39, 0.29) is 5.91 Å². The minimum atomic E-state index is -0.544. The number of nitrogens with one attached hydrogen (secondary N) is 1. The average Bonchev–Trinajstić information content (AvgIpc) is 2.44. The summed E-state index contributed by atoms with van der Waals surface area (Å²) in [6.07, 6.45) is 1.76. The van der Waals surface area contributed by atoms with Crippen molar-refractivity contribution in [1.29, 1.82) is 0 Å². The maximum Gasteiger partial charge on any atom is 0.227 e. The van der Waals surface area contributed by atoms with Gasteiger partial charge in [-0.25, -0.2) is 0 Å². The summed E-state index contributed by atoms with van der Waals surface area (Å²) in [5, 5.41) is 4.00. The third kappa shape index (κ3) is 2.90. The van der Waals surface area contributed by atoms with Crippen LogP contribution in [0, 0.1) is 5.41 Å². The molecule has 4 heteroatoms. The molecule has 1 heterocycles. The Labute approximate surface area is 113 Å². The Kier molecular flexibility index (Phi) is 3.81. The van der Waals surface area contributed by atoms with Crippen molar-refractivity contribution in [2.75, 3.05) is 6.54 Å². The van der Waals surface area contributed by atoms with Gasteiger partial charge in [0.1, 0.15) is 0 Å². The molecule has 0 spiro atoms. The number of fused-ring (bicyclic) bond motifs is 1. The van der Waals surface area contributed by atoms with Crippen molar-refractivity contribution >= 4 is 16.8 Å². The Morgan fingerprint density at radius 2 is 2.05 bits per heavy atom. The Morgan fingerprint density at radius 1 is 1.32 bits per heavy atom. The van der Waals surface area contributed by atoms with E-state index in [0.29, 0.717) is 13.1 Å². The van der Waals surface area contributed by atoms with Crippen LogP contribution in [0.4, 0.5) is 0 Å². The number of aromatic nitrogens is 1. The van der Waals surface area contributed by atoms with Gasteiger partial charge in [-0.05, 0) is 25.5 Å². The summed E-state index contributed by atoms with van der Waals surface area (Å²) in [6, 6.07) is 9.88. The molecule has 0 bridgehead atoms. The lowest BCUT2D eigenvalue weighted by Crippen LogP contribution is -2.41. The van der Waals surface area contributed by atoms with E-state index in [0.717, 1.165) is 16.5 Å². The molecule has 0 aliphatic heterocycles. The predicted octanol–water partition coefficient (Wildman–Crippen LogP) is 1.84. The van der Waals surface area contributed by atoms with Crippen LogP contribution in [-0.2, 0) is 11.3 Å². The molecule has 0 fully saturated rings. The zero-order chi connectivity index (χ0) is 13.9. The SMILES string of the molecule is CC(C)(CN)C(=O)NCc1cccc2cccnc12. The highest BCUT2D eigenvalue weighted by Crippen LogP contribution is 2.17. The lowest BCUT2D eigenvalue weighted by molar-refractivity contribution is -0.129. The van der Waals surface area contributed by atoms with E-state index in [1.54, 1.807) is 6.20 Å². The fourth-order valence-corrected chi connectivity index (χ4v) is 1.82. The lowest BCUT2D eigenvalue weighted by atomic mass is 9.92. The number of carbonyl (C=O) groups excluding carboxylic acids is 1. The Balaban J connectivity index is 2.17. The molecular formula is C15H19N3O. The van der Waals surface area contributed by atoms with Crippen molar-refractivity contribution in [1.82, 2.24) is 10.3 Å². The standard InChI is InChI=1S/C15H19N3O/c1-15(2,10-16)14(19)18-9-12-6-3-5-11-7-4-8-17-13(11)12/h3-8H,9-10,16H2,1-2H3,(H,18,19). The van der Waals surface area contributed by atoms with E-state index >= 15 is 0 Å². The minimum Gasteiger partial charge on any atom is -0.351 e. The quantitative estimate of drug-likeness (QED) is 0.878. The number of nitrogens with two attached hydrogens (primary N) is 1. The van der Waals surface area contributed by atoms with Crippen LogP contribution < -0.4 is 11.1 Å². The highest BCUT2D eigenvalue weighted by molar-refractivity contribution is 5.84. The van der Waals surface area contributed by atoms with Crippen LogP contribution in [0.15, 0.2) is 36.5 Å². The predicted molar refractivity (Wildman–Crippen MR) is 76.4 cm³/mol. The molecule has 2 rings (SSSR count). The molecule has 100 valence electrons. The number of hydrogen-bond donors (Lipinski definition) is 2. The number of benzene rings is 1. The highest BCUT2D eigenvalue weighted by Gasteiger charge is 2.25. The molecule has 1 aromatic carbocycles. The number of carbonyl (C=O) groups is 1. The smallest absolute Gasteiger partial charge is 0.227 e. The molecule has 1 aromatic heterocycles. The van der Waals surface area contributed by atoms with Gasteiger partial charge in [-0.1, -0.05) is 24.3 Å². The van der Waals surface area contributed by atoms with Crippen molar-refractivity contribution in [3.05, 3.63) is 42.1 Å². The van der Waals surface area contributed by atoms with Crippen LogP contribution in [0.2, 0.25) is 0 Å². The van der Waals surface area contributed by atoms with E-state index in [9.17, 15) is 4.79 Å². The second-order valence-corrected chi connectivity index (χ2v) is 5.26. The van der Waals surface area contributed by atoms with Crippen molar-refractivity contribution in [3.8, 4) is 0 Å². The third-order valence-corrected chi connectivity index (χ3v) is 3.28. The van der Waals surface area contributed by atoms with Crippen LogP contribution in [-0.4, -0.2) is 17.4 Å². The Morgan fingerprint density at radius 3 is 2.79 bits per heavy atom. The molecular weight excluding hydrogens is 238 g/mol. The molecule has 0 radical (unpaired) electrons. The van der Waals surface area contributed by atoms with Gasteiger partial charge in [0, 0.05) is 24.7 Å². The maximum atomic E-state index is 12.0. The molecule has 0 unspecified atom stereocenters. The zero-order valence-electron chi connectivity index (χ0n) is 11.3. The summed E-state index contributed by atoms with van der Waals surface area (Å²) < 4.78 is 0. The van der Waals surface area contributed by atoms with Crippen molar-refractivity contribution in [2.24, 2.45) is 11.1 Å². The van der Waals surface area contributed by atoms with E-state index in [1.807, 2.05) is 44.2 Å². The zero-order valence-corrected chi connectivity index (χ0v) is 11.3. The topological polar surface area (TPSA) is 68.0 Å². The van der Waals surface area contributed by atoms with Gasteiger partial charge < -0.3 is 11.1 Å². The Hall–Kier alpha value is -1.94. The second-order valence-electron chi connectivity index (χ2n) is 5.26. The van der Waals surface area contributed by atoms with E-state index in [4.69, 9.17) is 5.73 Å². The van der Waals surface area contributed by atoms with Crippen LogP contribution in [0.1, 0.15) is 19.4 Å². The molecule has 2 aromatic rings. The van der Waals surface area contributed by atoms with Gasteiger partial charge in [0.15, 0.2) is 0 Å². The summed E-state index contributed by atoms with van der Waals surface area (Å²) in [5.74, 6) is -0.0389. The first kappa shape index (κ1) is 13.5.